The molecule has 92 valence electrons. The van der Waals surface area contributed by atoms with Crippen molar-refractivity contribution < 1.29 is 4.74 Å². The van der Waals surface area contributed by atoms with Crippen molar-refractivity contribution >= 4 is 11.6 Å². The minimum absolute atomic E-state index is 0.332. The second kappa shape index (κ2) is 5.88. The summed E-state index contributed by atoms with van der Waals surface area (Å²) in [7, 11) is 0. The Hall–Kier alpha value is -1.27. The summed E-state index contributed by atoms with van der Waals surface area (Å²) in [4.78, 5) is 4.30. The van der Waals surface area contributed by atoms with Crippen LogP contribution in [0.1, 0.15) is 31.7 Å². The van der Waals surface area contributed by atoms with Gasteiger partial charge in [-0.1, -0.05) is 0 Å². The zero-order valence-corrected chi connectivity index (χ0v) is 11.2. The summed E-state index contributed by atoms with van der Waals surface area (Å²) in [5, 5.41) is 8.89. The van der Waals surface area contributed by atoms with Crippen LogP contribution in [-0.2, 0) is 5.88 Å². The van der Waals surface area contributed by atoms with Crippen LogP contribution < -0.4 is 4.74 Å². The van der Waals surface area contributed by atoms with Crippen molar-refractivity contribution in [3.8, 4) is 11.8 Å². The van der Waals surface area contributed by atoms with E-state index in [-0.39, 0.29) is 5.41 Å². The van der Waals surface area contributed by atoms with Gasteiger partial charge >= 0.3 is 0 Å². The summed E-state index contributed by atoms with van der Waals surface area (Å²) in [6, 6.07) is 6.01. The van der Waals surface area contributed by atoms with Crippen LogP contribution >= 0.6 is 11.6 Å². The molecule has 0 radical (unpaired) electrons. The summed E-state index contributed by atoms with van der Waals surface area (Å²) in [5.41, 5.74) is 1.31. The Labute approximate surface area is 107 Å². The third-order valence-corrected chi connectivity index (χ3v) is 2.74. The Morgan fingerprint density at radius 2 is 2.18 bits per heavy atom. The number of rotatable bonds is 5. The topological polar surface area (TPSA) is 45.9 Å². The van der Waals surface area contributed by atoms with Crippen molar-refractivity contribution in [3.63, 3.8) is 0 Å². The number of aromatic nitrogens is 1. The first-order valence-corrected chi connectivity index (χ1v) is 6.08. The predicted molar refractivity (Wildman–Crippen MR) is 68.0 cm³/mol. The molecule has 0 atom stereocenters. The number of hydrogen-bond donors (Lipinski definition) is 0. The monoisotopic (exact) mass is 252 g/mol. The van der Waals surface area contributed by atoms with E-state index in [0.717, 1.165) is 11.4 Å². The molecule has 0 bridgehead atoms. The molecule has 0 aliphatic heterocycles. The standard InChI is InChI=1S/C13H17ClN2O/c1-10-4-5-12(11(8-14)16-10)17-7-6-13(2,3)9-15/h4-5H,6-8H2,1-3H3. The van der Waals surface area contributed by atoms with Crippen molar-refractivity contribution in [3.05, 3.63) is 23.5 Å². The van der Waals surface area contributed by atoms with Gasteiger partial charge < -0.3 is 4.74 Å². The Morgan fingerprint density at radius 1 is 1.47 bits per heavy atom. The van der Waals surface area contributed by atoms with Crippen molar-refractivity contribution in [2.45, 2.75) is 33.1 Å². The number of pyridine rings is 1. The maximum absolute atomic E-state index is 8.89. The van der Waals surface area contributed by atoms with E-state index >= 15 is 0 Å². The first-order valence-electron chi connectivity index (χ1n) is 5.55. The lowest BCUT2D eigenvalue weighted by atomic mass is 9.92. The molecule has 3 nitrogen and oxygen atoms in total. The van der Waals surface area contributed by atoms with E-state index in [1.165, 1.54) is 0 Å². The number of ether oxygens (including phenoxy) is 1. The van der Waals surface area contributed by atoms with Crippen LogP contribution in [-0.4, -0.2) is 11.6 Å². The van der Waals surface area contributed by atoms with Gasteiger partial charge in [0, 0.05) is 5.69 Å². The lowest BCUT2D eigenvalue weighted by molar-refractivity contribution is 0.262. The molecule has 0 fully saturated rings. The Bertz CT molecular complexity index is 424. The van der Waals surface area contributed by atoms with Gasteiger partial charge in [0.2, 0.25) is 0 Å². The van der Waals surface area contributed by atoms with Crippen LogP contribution in [0.25, 0.3) is 0 Å². The Kier molecular flexibility index (Phi) is 4.77. The maximum Gasteiger partial charge on any atom is 0.142 e. The fraction of sp³-hybridized carbons (Fsp3) is 0.538. The van der Waals surface area contributed by atoms with Gasteiger partial charge in [0.15, 0.2) is 0 Å². The largest absolute Gasteiger partial charge is 0.492 e. The number of hydrogen-bond acceptors (Lipinski definition) is 3. The highest BCUT2D eigenvalue weighted by Gasteiger charge is 2.16. The van der Waals surface area contributed by atoms with Gasteiger partial charge in [-0.2, -0.15) is 5.26 Å². The van der Waals surface area contributed by atoms with Gasteiger partial charge in [0.05, 0.1) is 29.7 Å². The first-order chi connectivity index (χ1) is 7.98. The normalized spacial score (nSPS) is 11.0. The van der Waals surface area contributed by atoms with Gasteiger partial charge in [-0.05, 0) is 39.3 Å². The zero-order chi connectivity index (χ0) is 12.9. The summed E-state index contributed by atoms with van der Waals surface area (Å²) in [5.74, 6) is 1.04. The summed E-state index contributed by atoms with van der Waals surface area (Å²) < 4.78 is 5.62. The third-order valence-electron chi connectivity index (χ3n) is 2.49. The van der Waals surface area contributed by atoms with Gasteiger partial charge in [-0.15, -0.1) is 11.6 Å². The highest BCUT2D eigenvalue weighted by Crippen LogP contribution is 2.22. The van der Waals surface area contributed by atoms with E-state index in [2.05, 4.69) is 11.1 Å². The van der Waals surface area contributed by atoms with Gasteiger partial charge in [0.25, 0.3) is 0 Å². The van der Waals surface area contributed by atoms with E-state index in [4.69, 9.17) is 21.6 Å². The highest BCUT2D eigenvalue weighted by molar-refractivity contribution is 6.17. The van der Waals surface area contributed by atoms with E-state index in [1.54, 1.807) is 0 Å². The van der Waals surface area contributed by atoms with Crippen LogP contribution in [0.3, 0.4) is 0 Å². The molecule has 1 aromatic heterocycles. The van der Waals surface area contributed by atoms with E-state index in [1.807, 2.05) is 32.9 Å². The molecule has 1 rings (SSSR count). The van der Waals surface area contributed by atoms with Crippen LogP contribution in [0.4, 0.5) is 0 Å². The molecule has 0 unspecified atom stereocenters. The van der Waals surface area contributed by atoms with Gasteiger partial charge in [-0.3, -0.25) is 4.98 Å². The molecule has 17 heavy (non-hydrogen) atoms. The lowest BCUT2D eigenvalue weighted by Crippen LogP contribution is -2.13. The molecular weight excluding hydrogens is 236 g/mol. The Morgan fingerprint density at radius 3 is 2.76 bits per heavy atom. The number of halogens is 1. The van der Waals surface area contributed by atoms with Crippen LogP contribution in [0.5, 0.6) is 5.75 Å². The van der Waals surface area contributed by atoms with E-state index in [0.29, 0.717) is 24.7 Å². The van der Waals surface area contributed by atoms with E-state index in [9.17, 15) is 0 Å². The molecule has 0 aliphatic carbocycles. The molecule has 0 aromatic carbocycles. The number of alkyl halides is 1. The number of nitrogens with zero attached hydrogens (tertiary/aromatic N) is 2. The average Bonchev–Trinajstić information content (AvgIpc) is 2.30. The van der Waals surface area contributed by atoms with Crippen LogP contribution in [0.2, 0.25) is 0 Å². The second-order valence-corrected chi connectivity index (χ2v) is 4.89. The lowest BCUT2D eigenvalue weighted by Gasteiger charge is -2.16. The molecular formula is C13H17ClN2O. The second-order valence-electron chi connectivity index (χ2n) is 4.63. The quantitative estimate of drug-likeness (QED) is 0.754. The van der Waals surface area contributed by atoms with Crippen molar-refractivity contribution in [1.82, 2.24) is 4.98 Å². The molecule has 0 saturated carbocycles. The fourth-order valence-electron chi connectivity index (χ4n) is 1.30. The molecule has 0 saturated heterocycles. The summed E-state index contributed by atoms with van der Waals surface area (Å²) in [6.45, 7) is 6.20. The third kappa shape index (κ3) is 4.24. The van der Waals surface area contributed by atoms with E-state index < -0.39 is 0 Å². The zero-order valence-electron chi connectivity index (χ0n) is 10.5. The Balaban J connectivity index is 2.61. The minimum atomic E-state index is -0.362. The molecule has 1 heterocycles. The predicted octanol–water partition coefficient (Wildman–Crippen LogP) is 3.45. The molecule has 0 amide bonds. The SMILES string of the molecule is Cc1ccc(OCCC(C)(C)C#N)c(CCl)n1. The number of nitriles is 1. The summed E-state index contributed by atoms with van der Waals surface area (Å²) in [6.07, 6.45) is 0.680. The molecule has 0 aliphatic rings. The summed E-state index contributed by atoms with van der Waals surface area (Å²) >= 11 is 5.81. The smallest absolute Gasteiger partial charge is 0.142 e. The number of aryl methyl sites for hydroxylation is 1. The van der Waals surface area contributed by atoms with Crippen molar-refractivity contribution in [1.29, 1.82) is 5.26 Å². The van der Waals surface area contributed by atoms with Crippen LogP contribution in [0.15, 0.2) is 12.1 Å². The molecule has 4 heteroatoms. The van der Waals surface area contributed by atoms with Crippen molar-refractivity contribution in [2.24, 2.45) is 5.41 Å². The van der Waals surface area contributed by atoms with Crippen molar-refractivity contribution in [2.75, 3.05) is 6.61 Å². The minimum Gasteiger partial charge on any atom is -0.492 e. The average molecular weight is 253 g/mol. The highest BCUT2D eigenvalue weighted by atomic mass is 35.5. The van der Waals surface area contributed by atoms with Gasteiger partial charge in [-0.25, -0.2) is 0 Å². The van der Waals surface area contributed by atoms with Gasteiger partial charge in [0.1, 0.15) is 5.75 Å². The van der Waals surface area contributed by atoms with Crippen LogP contribution in [0, 0.1) is 23.7 Å². The molecule has 0 spiro atoms. The maximum atomic E-state index is 8.89. The first kappa shape index (κ1) is 13.8. The fourth-order valence-corrected chi connectivity index (χ4v) is 1.49. The molecule has 1 aromatic rings. The molecule has 0 N–H and O–H groups in total.